The van der Waals surface area contributed by atoms with Gasteiger partial charge in [0, 0.05) is 47.6 Å². The predicted octanol–water partition coefficient (Wildman–Crippen LogP) is 4.09. The topological polar surface area (TPSA) is 97.1 Å². The summed E-state index contributed by atoms with van der Waals surface area (Å²) in [6.45, 7) is 6.65. The molecule has 0 radical (unpaired) electrons. The third-order valence-electron chi connectivity index (χ3n) is 5.70. The Morgan fingerprint density at radius 2 is 2.00 bits per heavy atom. The maximum absolute atomic E-state index is 12.2. The number of anilines is 1. The molecule has 2 aromatic carbocycles. The summed E-state index contributed by atoms with van der Waals surface area (Å²) in [6.07, 6.45) is 2.57. The van der Waals surface area contributed by atoms with Crippen LogP contribution >= 0.6 is 0 Å². The lowest BCUT2D eigenvalue weighted by molar-refractivity contribution is -0.384. The van der Waals surface area contributed by atoms with Gasteiger partial charge >= 0.3 is 0 Å². The number of nitrogens with zero attached hydrogens (tertiary/aromatic N) is 3. The van der Waals surface area contributed by atoms with Gasteiger partial charge in [0.1, 0.15) is 5.75 Å². The Kier molecular flexibility index (Phi) is 5.78. The number of methoxy groups -OCH3 is 1. The van der Waals surface area contributed by atoms with Gasteiger partial charge < -0.3 is 9.64 Å². The third kappa shape index (κ3) is 4.12. The molecule has 8 heteroatoms. The zero-order valence-electron chi connectivity index (χ0n) is 17.8. The van der Waals surface area contributed by atoms with Crippen LogP contribution in [0.15, 0.2) is 41.5 Å². The van der Waals surface area contributed by atoms with Crippen LogP contribution in [0.4, 0.5) is 11.4 Å². The lowest BCUT2D eigenvalue weighted by Crippen LogP contribution is -2.45. The van der Waals surface area contributed by atoms with E-state index in [1.165, 1.54) is 29.8 Å². The first-order valence-corrected chi connectivity index (χ1v) is 9.67. The lowest BCUT2D eigenvalue weighted by Gasteiger charge is -2.45. The quantitative estimate of drug-likeness (QED) is 0.455. The summed E-state index contributed by atoms with van der Waals surface area (Å²) < 4.78 is 5.55. The van der Waals surface area contributed by atoms with Gasteiger partial charge in [-0.15, -0.1) is 0 Å². The molecule has 1 unspecified atom stereocenters. The monoisotopic (exact) mass is 410 g/mol. The van der Waals surface area contributed by atoms with Crippen LogP contribution in [0.3, 0.4) is 0 Å². The summed E-state index contributed by atoms with van der Waals surface area (Å²) >= 11 is 0. The molecule has 1 amide bonds. The van der Waals surface area contributed by atoms with Gasteiger partial charge in [-0.2, -0.15) is 5.10 Å². The Morgan fingerprint density at radius 3 is 2.60 bits per heavy atom. The fourth-order valence-corrected chi connectivity index (χ4v) is 3.85. The minimum Gasteiger partial charge on any atom is -0.496 e. The molecule has 0 fully saturated rings. The number of nitrogens with one attached hydrogen (secondary N) is 1. The molecule has 8 nitrogen and oxygen atoms in total. The van der Waals surface area contributed by atoms with E-state index >= 15 is 0 Å². The van der Waals surface area contributed by atoms with E-state index in [0.29, 0.717) is 11.7 Å². The van der Waals surface area contributed by atoms with Gasteiger partial charge in [-0.1, -0.05) is 6.92 Å². The Balaban J connectivity index is 1.81. The molecule has 1 aliphatic heterocycles. The third-order valence-corrected chi connectivity index (χ3v) is 5.70. The molecular formula is C22H26N4O4. The van der Waals surface area contributed by atoms with E-state index in [-0.39, 0.29) is 16.8 Å². The Morgan fingerprint density at radius 1 is 1.33 bits per heavy atom. The summed E-state index contributed by atoms with van der Waals surface area (Å²) in [5.41, 5.74) is 5.82. The van der Waals surface area contributed by atoms with Crippen molar-refractivity contribution in [1.29, 1.82) is 0 Å². The molecule has 1 atom stereocenters. The molecule has 3 rings (SSSR count). The van der Waals surface area contributed by atoms with Gasteiger partial charge in [-0.3, -0.25) is 14.9 Å². The van der Waals surface area contributed by atoms with Crippen molar-refractivity contribution in [2.75, 3.05) is 19.1 Å². The first kappa shape index (κ1) is 21.3. The van der Waals surface area contributed by atoms with Crippen LogP contribution in [0.25, 0.3) is 0 Å². The summed E-state index contributed by atoms with van der Waals surface area (Å²) in [4.78, 5) is 24.7. The minimum atomic E-state index is -0.512. The smallest absolute Gasteiger partial charge is 0.271 e. The van der Waals surface area contributed by atoms with Crippen molar-refractivity contribution >= 4 is 23.5 Å². The van der Waals surface area contributed by atoms with Gasteiger partial charge in [0.15, 0.2) is 0 Å². The number of nitro benzene ring substituents is 1. The highest BCUT2D eigenvalue weighted by atomic mass is 16.6. The second kappa shape index (κ2) is 8.14. The van der Waals surface area contributed by atoms with Crippen LogP contribution in [0.1, 0.15) is 54.6 Å². The maximum Gasteiger partial charge on any atom is 0.271 e. The second-order valence-corrected chi connectivity index (χ2v) is 8.13. The average Bonchev–Trinajstić information content (AvgIpc) is 2.71. The molecule has 0 aromatic heterocycles. The molecule has 1 N–H and O–H groups in total. The highest BCUT2D eigenvalue weighted by molar-refractivity contribution is 5.95. The van der Waals surface area contributed by atoms with Crippen molar-refractivity contribution in [3.63, 3.8) is 0 Å². The summed E-state index contributed by atoms with van der Waals surface area (Å²) in [5, 5.41) is 14.8. The van der Waals surface area contributed by atoms with Crippen molar-refractivity contribution in [1.82, 2.24) is 5.43 Å². The number of carbonyl (C=O) groups is 1. The molecule has 1 heterocycles. The van der Waals surface area contributed by atoms with E-state index in [4.69, 9.17) is 4.74 Å². The summed E-state index contributed by atoms with van der Waals surface area (Å²) in [7, 11) is 3.69. The number of hydrogen-bond donors (Lipinski definition) is 1. The number of amides is 1. The van der Waals surface area contributed by atoms with Crippen LogP contribution in [0.2, 0.25) is 0 Å². The summed E-state index contributed by atoms with van der Waals surface area (Å²) in [5.74, 6) is 0.589. The first-order valence-electron chi connectivity index (χ1n) is 9.67. The van der Waals surface area contributed by atoms with Gasteiger partial charge in [-0.05, 0) is 49.9 Å². The van der Waals surface area contributed by atoms with E-state index < -0.39 is 10.8 Å². The molecular weight excluding hydrogens is 384 g/mol. The number of carbonyl (C=O) groups excluding carboxylic acids is 1. The van der Waals surface area contributed by atoms with Crippen LogP contribution in [-0.2, 0) is 0 Å². The number of fused-ring (bicyclic) bond motifs is 1. The zero-order chi connectivity index (χ0) is 22.1. The molecule has 0 spiro atoms. The highest BCUT2D eigenvalue weighted by Crippen LogP contribution is 2.44. The Bertz CT molecular complexity index is 999. The van der Waals surface area contributed by atoms with E-state index in [0.717, 1.165) is 17.7 Å². The van der Waals surface area contributed by atoms with Crippen molar-refractivity contribution < 1.29 is 14.5 Å². The molecule has 0 aliphatic carbocycles. The molecule has 158 valence electrons. The molecule has 30 heavy (non-hydrogen) atoms. The number of benzene rings is 2. The van der Waals surface area contributed by atoms with Crippen LogP contribution in [-0.4, -0.2) is 36.7 Å². The SMILES string of the molecule is COc1cc2c(cc1/C=N\NC(=O)c1ccc([N+](=O)[O-])cc1)C(C)CC(C)(C)N2C. The van der Waals surface area contributed by atoms with Crippen LogP contribution in [0, 0.1) is 10.1 Å². The van der Waals surface area contributed by atoms with Gasteiger partial charge in [-0.25, -0.2) is 5.43 Å². The molecule has 0 bridgehead atoms. The fourth-order valence-electron chi connectivity index (χ4n) is 3.85. The molecule has 1 aliphatic rings. The molecule has 2 aromatic rings. The minimum absolute atomic E-state index is 0.0474. The van der Waals surface area contributed by atoms with Crippen molar-refractivity contribution in [2.24, 2.45) is 5.10 Å². The fraction of sp³-hybridized carbons (Fsp3) is 0.364. The number of nitro groups is 1. The van der Waals surface area contributed by atoms with E-state index in [1.54, 1.807) is 13.3 Å². The number of non-ortho nitro benzene ring substituents is 1. The lowest BCUT2D eigenvalue weighted by atomic mass is 9.80. The van der Waals surface area contributed by atoms with Crippen molar-refractivity contribution in [2.45, 2.75) is 38.6 Å². The summed E-state index contributed by atoms with van der Waals surface area (Å²) in [6, 6.07) is 9.40. The Hall–Kier alpha value is -3.42. The van der Waals surface area contributed by atoms with Gasteiger partial charge in [0.05, 0.1) is 18.2 Å². The zero-order valence-corrected chi connectivity index (χ0v) is 17.8. The van der Waals surface area contributed by atoms with E-state index in [2.05, 4.69) is 43.2 Å². The van der Waals surface area contributed by atoms with E-state index in [1.807, 2.05) is 12.1 Å². The number of ether oxygens (including phenoxy) is 1. The highest BCUT2D eigenvalue weighted by Gasteiger charge is 2.34. The van der Waals surface area contributed by atoms with Crippen LogP contribution < -0.4 is 15.1 Å². The average molecular weight is 410 g/mol. The largest absolute Gasteiger partial charge is 0.496 e. The maximum atomic E-state index is 12.2. The molecule has 0 saturated heterocycles. The standard InChI is InChI=1S/C22H26N4O4/c1-14-12-22(2,3)25(4)19-11-20(30-5)16(10-18(14)19)13-23-24-21(27)15-6-8-17(9-7-15)26(28)29/h6-11,13-14H,12H2,1-5H3,(H,24,27)/b23-13-. The second-order valence-electron chi connectivity index (χ2n) is 8.13. The number of hydrazone groups is 1. The van der Waals surface area contributed by atoms with Crippen molar-refractivity contribution in [3.05, 3.63) is 63.2 Å². The van der Waals surface area contributed by atoms with Crippen molar-refractivity contribution in [3.8, 4) is 5.75 Å². The molecule has 0 saturated carbocycles. The number of rotatable bonds is 5. The van der Waals surface area contributed by atoms with E-state index in [9.17, 15) is 14.9 Å². The van der Waals surface area contributed by atoms with Gasteiger partial charge in [0.2, 0.25) is 0 Å². The van der Waals surface area contributed by atoms with Crippen LogP contribution in [0.5, 0.6) is 5.75 Å². The van der Waals surface area contributed by atoms with Gasteiger partial charge in [0.25, 0.3) is 11.6 Å². The predicted molar refractivity (Wildman–Crippen MR) is 117 cm³/mol. The first-order chi connectivity index (χ1) is 14.1. The number of hydrogen-bond acceptors (Lipinski definition) is 6. The Labute approximate surface area is 175 Å². The normalized spacial score (nSPS) is 17.5.